The van der Waals surface area contributed by atoms with Crippen molar-refractivity contribution >= 4 is 38.1 Å². The zero-order valence-electron chi connectivity index (χ0n) is 9.44. The van der Waals surface area contributed by atoms with Crippen molar-refractivity contribution in [2.75, 3.05) is 0 Å². The summed E-state index contributed by atoms with van der Waals surface area (Å²) < 4.78 is 1.10. The van der Waals surface area contributed by atoms with Gasteiger partial charge in [0.2, 0.25) is 0 Å². The molecule has 0 radical (unpaired) electrons. The van der Waals surface area contributed by atoms with Crippen molar-refractivity contribution < 1.29 is 6.22 Å². The molecule has 0 unspecified atom stereocenters. The molecule has 0 fully saturated rings. The molecule has 1 amide bonds. The predicted molar refractivity (Wildman–Crippen MR) is 69.0 cm³/mol. The molecule has 78 valence electrons. The molecule has 0 saturated carbocycles. The Kier molecular flexibility index (Phi) is 1.94. The second kappa shape index (κ2) is 3.32. The van der Waals surface area contributed by atoms with Crippen LogP contribution < -0.4 is 5.73 Å². The molecule has 2 nitrogen and oxygen atoms in total. The van der Waals surface area contributed by atoms with Gasteiger partial charge in [-0.1, -0.05) is 24.3 Å². The summed E-state index contributed by atoms with van der Waals surface area (Å²) >= 11 is 1.45. The normalized spacial score (nSPS) is 11.0. The lowest BCUT2D eigenvalue weighted by atomic mass is 10.1. The Morgan fingerprint density at radius 3 is 2.44 bits per heavy atom. The second-order valence-corrected chi connectivity index (χ2v) is 4.80. The molecule has 3 aromatic rings. The van der Waals surface area contributed by atoms with E-state index in [0.717, 1.165) is 10.1 Å². The Morgan fingerprint density at radius 2 is 1.75 bits per heavy atom. The maximum Gasteiger partial charge on any atom is 1.00 e. The Hall–Kier alpha value is -1.87. The third kappa shape index (κ3) is 1.37. The lowest BCUT2D eigenvalue weighted by Crippen LogP contribution is -2.07. The summed E-state index contributed by atoms with van der Waals surface area (Å²) in [5.74, 6) is -0.356. The van der Waals surface area contributed by atoms with Crippen LogP contribution in [0.3, 0.4) is 0 Å². The molecule has 0 spiro atoms. The molecule has 2 aromatic carbocycles. The lowest BCUT2D eigenvalue weighted by Gasteiger charge is -1.96. The zero-order valence-corrected chi connectivity index (χ0v) is 9.25. The first-order chi connectivity index (χ1) is 7.74. The number of benzene rings is 2. The molecule has 0 aliphatic carbocycles. The molecule has 3 rings (SSSR count). The highest BCUT2D eigenvalue weighted by Gasteiger charge is 2.07. The lowest BCUT2D eigenvalue weighted by molar-refractivity contribution is 0.100. The van der Waals surface area contributed by atoms with E-state index in [9.17, 15) is 4.79 Å². The van der Waals surface area contributed by atoms with E-state index in [-0.39, 0.29) is 7.33 Å². The van der Waals surface area contributed by atoms with Crippen molar-refractivity contribution in [3.8, 4) is 0 Å². The number of carbonyl (C=O) groups is 1. The maximum atomic E-state index is 11.1. The highest BCUT2D eigenvalue weighted by atomic mass is 32.1. The summed E-state index contributed by atoms with van der Waals surface area (Å²) in [5, 5.41) is 3.45. The Morgan fingerprint density at radius 1 is 1.06 bits per heavy atom. The molecule has 2 N–H and O–H groups in total. The zero-order chi connectivity index (χ0) is 11.1. The molecule has 1 heterocycles. The summed E-state index contributed by atoms with van der Waals surface area (Å²) in [5.41, 5.74) is 5.27. The monoisotopic (exact) mass is 228 g/mol. The van der Waals surface area contributed by atoms with E-state index in [1.54, 1.807) is 0 Å². The number of carbonyl (C=O) groups excluding carboxylic acids is 1. The van der Waals surface area contributed by atoms with Crippen molar-refractivity contribution in [3.05, 3.63) is 47.3 Å². The fraction of sp³-hybridized carbons (Fsp3) is 0. The topological polar surface area (TPSA) is 43.1 Å². The average Bonchev–Trinajstić information content (AvgIpc) is 2.68. The van der Waals surface area contributed by atoms with Crippen LogP contribution in [0.5, 0.6) is 0 Å². The average molecular weight is 228 g/mol. The van der Waals surface area contributed by atoms with Gasteiger partial charge in [0.25, 0.3) is 5.91 Å². The molecule has 0 atom stereocenters. The number of fused-ring (bicyclic) bond motifs is 2. The second-order valence-electron chi connectivity index (χ2n) is 3.71. The number of nitrogens with two attached hydrogens (primary N) is 1. The highest BCUT2D eigenvalue weighted by Crippen LogP contribution is 2.29. The van der Waals surface area contributed by atoms with Crippen LogP contribution in [0, 0.1) is 0 Å². The van der Waals surface area contributed by atoms with Gasteiger partial charge in [-0.2, -0.15) is 0 Å². The first-order valence-corrected chi connectivity index (χ1v) is 5.78. The van der Waals surface area contributed by atoms with E-state index in [1.165, 1.54) is 22.1 Å². The van der Waals surface area contributed by atoms with Gasteiger partial charge in [0, 0.05) is 4.70 Å². The van der Waals surface area contributed by atoms with Crippen molar-refractivity contribution in [2.24, 2.45) is 5.73 Å². The molecule has 0 aliphatic rings. The minimum Gasteiger partial charge on any atom is -0.365 e. The molecular formula is C13H10NOS+. The van der Waals surface area contributed by atoms with Crippen LogP contribution in [-0.2, 0) is 0 Å². The minimum absolute atomic E-state index is 0. The number of hydrogen-bond donors (Lipinski definition) is 1. The molecule has 3 heteroatoms. The quantitative estimate of drug-likeness (QED) is 0.682. The van der Waals surface area contributed by atoms with Gasteiger partial charge in [-0.3, -0.25) is 4.79 Å². The van der Waals surface area contributed by atoms with Crippen LogP contribution >= 0.6 is 11.3 Å². The standard InChI is InChI=1S/C13H9NOS/c14-13(15)12-7-10-5-8-3-1-2-4-9(8)6-11(10)16-12/h1-7H,(H2,14,15)/p+1. The summed E-state index contributed by atoms with van der Waals surface area (Å²) in [6.07, 6.45) is 0. The fourth-order valence-corrected chi connectivity index (χ4v) is 2.79. The molecule has 0 saturated heterocycles. The first-order valence-electron chi connectivity index (χ1n) is 4.96. The summed E-state index contributed by atoms with van der Waals surface area (Å²) in [4.78, 5) is 11.7. The van der Waals surface area contributed by atoms with E-state index >= 15 is 0 Å². The number of thiophene rings is 1. The van der Waals surface area contributed by atoms with E-state index < -0.39 is 0 Å². The van der Waals surface area contributed by atoms with E-state index in [2.05, 4.69) is 24.3 Å². The van der Waals surface area contributed by atoms with Crippen LogP contribution in [0.2, 0.25) is 0 Å². The SMILES string of the molecule is NC(=O)c1cc2cc3ccccc3cc2s1.[H+]. The molecule has 1 aromatic heterocycles. The predicted octanol–water partition coefficient (Wildman–Crippen LogP) is 3.27. The number of rotatable bonds is 1. The van der Waals surface area contributed by atoms with Gasteiger partial charge in [0.05, 0.1) is 4.88 Å². The van der Waals surface area contributed by atoms with Crippen LogP contribution in [0.15, 0.2) is 42.5 Å². The maximum absolute atomic E-state index is 11.1. The third-order valence-corrected chi connectivity index (χ3v) is 3.74. The molecule has 16 heavy (non-hydrogen) atoms. The van der Waals surface area contributed by atoms with Crippen molar-refractivity contribution in [3.63, 3.8) is 0 Å². The van der Waals surface area contributed by atoms with Gasteiger partial charge in [-0.05, 0) is 34.4 Å². The largest absolute Gasteiger partial charge is 1.00 e. The molecular weight excluding hydrogens is 218 g/mol. The third-order valence-electron chi connectivity index (χ3n) is 2.63. The van der Waals surface area contributed by atoms with E-state index in [0.29, 0.717) is 4.88 Å². The van der Waals surface area contributed by atoms with Gasteiger partial charge in [-0.25, -0.2) is 0 Å². The number of amides is 1. The minimum atomic E-state index is -0.356. The van der Waals surface area contributed by atoms with Gasteiger partial charge in [0.15, 0.2) is 0 Å². The Bertz CT molecular complexity index is 652. The van der Waals surface area contributed by atoms with Gasteiger partial charge in [-0.15, -0.1) is 11.3 Å². The van der Waals surface area contributed by atoms with Crippen molar-refractivity contribution in [1.82, 2.24) is 0 Å². The molecule has 0 bridgehead atoms. The Balaban J connectivity index is 0.00000108. The first kappa shape index (κ1) is 9.36. The van der Waals surface area contributed by atoms with Crippen molar-refractivity contribution in [1.29, 1.82) is 0 Å². The summed E-state index contributed by atoms with van der Waals surface area (Å²) in [7, 11) is 0. The van der Waals surface area contributed by atoms with Crippen LogP contribution in [0.25, 0.3) is 20.9 Å². The molecule has 0 aliphatic heterocycles. The highest BCUT2D eigenvalue weighted by molar-refractivity contribution is 7.20. The number of primary amides is 1. The fourth-order valence-electron chi connectivity index (χ4n) is 1.85. The van der Waals surface area contributed by atoms with Crippen LogP contribution in [-0.4, -0.2) is 5.91 Å². The van der Waals surface area contributed by atoms with E-state index in [1.807, 2.05) is 18.2 Å². The van der Waals surface area contributed by atoms with Crippen LogP contribution in [0.1, 0.15) is 11.1 Å². The van der Waals surface area contributed by atoms with Gasteiger partial charge >= 0.3 is 1.43 Å². The smallest absolute Gasteiger partial charge is 0.365 e. The van der Waals surface area contributed by atoms with Crippen molar-refractivity contribution in [2.45, 2.75) is 0 Å². The van der Waals surface area contributed by atoms with Crippen LogP contribution in [0.4, 0.5) is 0 Å². The summed E-state index contributed by atoms with van der Waals surface area (Å²) in [6, 6.07) is 14.2. The van der Waals surface area contributed by atoms with E-state index in [4.69, 9.17) is 5.73 Å². The number of hydrogen-bond acceptors (Lipinski definition) is 2. The Labute approximate surface area is 97.8 Å². The summed E-state index contributed by atoms with van der Waals surface area (Å²) in [6.45, 7) is 0. The van der Waals surface area contributed by atoms with Gasteiger partial charge < -0.3 is 5.73 Å². The van der Waals surface area contributed by atoms with Gasteiger partial charge in [0.1, 0.15) is 0 Å².